The summed E-state index contributed by atoms with van der Waals surface area (Å²) in [7, 11) is 0. The van der Waals surface area contributed by atoms with Crippen molar-refractivity contribution in [3.63, 3.8) is 0 Å². The minimum Gasteiger partial charge on any atom is -0.395 e. The molecule has 1 aliphatic carbocycles. The quantitative estimate of drug-likeness (QED) is 0.721. The first kappa shape index (κ1) is 11.9. The Morgan fingerprint density at radius 2 is 2.12 bits per heavy atom. The van der Waals surface area contributed by atoms with Gasteiger partial charge in [-0.25, -0.2) is 0 Å². The SMILES string of the molecule is CC1(C)C(=O)N[C@@H]2CCCC[C@H]2N1CCO. The third-order valence-corrected chi connectivity index (χ3v) is 4.06. The Hall–Kier alpha value is -0.610. The topological polar surface area (TPSA) is 52.6 Å². The molecule has 2 rings (SSSR count). The number of fused-ring (bicyclic) bond motifs is 1. The average Bonchev–Trinajstić information content (AvgIpc) is 2.25. The number of rotatable bonds is 2. The van der Waals surface area contributed by atoms with Gasteiger partial charge in [-0.3, -0.25) is 9.69 Å². The molecule has 0 aromatic carbocycles. The summed E-state index contributed by atoms with van der Waals surface area (Å²) in [5.74, 6) is 0.101. The molecule has 1 saturated heterocycles. The molecule has 1 amide bonds. The fourth-order valence-electron chi connectivity index (χ4n) is 3.10. The normalized spacial score (nSPS) is 34.3. The number of hydrogen-bond acceptors (Lipinski definition) is 3. The summed E-state index contributed by atoms with van der Waals surface area (Å²) in [6, 6.07) is 0.703. The van der Waals surface area contributed by atoms with Crippen molar-refractivity contribution >= 4 is 5.91 Å². The predicted octanol–water partition coefficient (Wildman–Crippen LogP) is 0.500. The second-order valence-corrected chi connectivity index (χ2v) is 5.41. The number of carbonyl (C=O) groups excluding carboxylic acids is 1. The van der Waals surface area contributed by atoms with Crippen LogP contribution < -0.4 is 5.32 Å². The van der Waals surface area contributed by atoms with E-state index in [4.69, 9.17) is 5.11 Å². The molecule has 2 atom stereocenters. The van der Waals surface area contributed by atoms with Gasteiger partial charge in [-0.1, -0.05) is 12.8 Å². The van der Waals surface area contributed by atoms with Crippen molar-refractivity contribution in [3.8, 4) is 0 Å². The van der Waals surface area contributed by atoms with Gasteiger partial charge in [0.05, 0.1) is 12.1 Å². The summed E-state index contributed by atoms with van der Waals surface area (Å²) in [6.07, 6.45) is 4.65. The molecule has 16 heavy (non-hydrogen) atoms. The number of amides is 1. The van der Waals surface area contributed by atoms with Gasteiger partial charge < -0.3 is 10.4 Å². The number of aliphatic hydroxyl groups is 1. The Morgan fingerprint density at radius 1 is 1.44 bits per heavy atom. The fourth-order valence-corrected chi connectivity index (χ4v) is 3.10. The number of piperazine rings is 1. The van der Waals surface area contributed by atoms with Crippen molar-refractivity contribution in [1.29, 1.82) is 0 Å². The smallest absolute Gasteiger partial charge is 0.240 e. The summed E-state index contributed by atoms with van der Waals surface area (Å²) >= 11 is 0. The van der Waals surface area contributed by atoms with E-state index in [1.807, 2.05) is 13.8 Å². The molecule has 1 aliphatic heterocycles. The first-order valence-electron chi connectivity index (χ1n) is 6.26. The Kier molecular flexibility index (Phi) is 3.22. The van der Waals surface area contributed by atoms with E-state index in [-0.39, 0.29) is 12.5 Å². The Balaban J connectivity index is 2.21. The summed E-state index contributed by atoms with van der Waals surface area (Å²) in [5, 5.41) is 12.3. The summed E-state index contributed by atoms with van der Waals surface area (Å²) in [4.78, 5) is 14.2. The van der Waals surface area contributed by atoms with Crippen molar-refractivity contribution in [2.75, 3.05) is 13.2 Å². The van der Waals surface area contributed by atoms with Crippen LogP contribution in [0.4, 0.5) is 0 Å². The molecule has 0 bridgehead atoms. The minimum atomic E-state index is -0.485. The van der Waals surface area contributed by atoms with E-state index in [1.54, 1.807) is 0 Å². The Labute approximate surface area is 97.0 Å². The number of nitrogens with zero attached hydrogens (tertiary/aromatic N) is 1. The lowest BCUT2D eigenvalue weighted by molar-refractivity contribution is -0.143. The molecule has 0 spiro atoms. The van der Waals surface area contributed by atoms with Crippen LogP contribution in [0, 0.1) is 0 Å². The molecule has 0 radical (unpaired) electrons. The summed E-state index contributed by atoms with van der Waals surface area (Å²) in [6.45, 7) is 4.62. The average molecular weight is 226 g/mol. The number of hydrogen-bond donors (Lipinski definition) is 2. The van der Waals surface area contributed by atoms with Gasteiger partial charge in [-0.05, 0) is 26.7 Å². The van der Waals surface area contributed by atoms with E-state index in [0.29, 0.717) is 18.6 Å². The zero-order valence-corrected chi connectivity index (χ0v) is 10.2. The molecule has 0 unspecified atom stereocenters. The Morgan fingerprint density at radius 3 is 2.81 bits per heavy atom. The van der Waals surface area contributed by atoms with Crippen LogP contribution >= 0.6 is 0 Å². The highest BCUT2D eigenvalue weighted by molar-refractivity contribution is 5.86. The number of nitrogens with one attached hydrogen (secondary N) is 1. The van der Waals surface area contributed by atoms with E-state index >= 15 is 0 Å². The van der Waals surface area contributed by atoms with E-state index < -0.39 is 5.54 Å². The van der Waals surface area contributed by atoms with Crippen molar-refractivity contribution < 1.29 is 9.90 Å². The lowest BCUT2D eigenvalue weighted by atomic mass is 9.82. The molecular formula is C12H22N2O2. The summed E-state index contributed by atoms with van der Waals surface area (Å²) in [5.41, 5.74) is -0.485. The molecule has 1 saturated carbocycles. The minimum absolute atomic E-state index is 0.101. The lowest BCUT2D eigenvalue weighted by Gasteiger charge is -2.52. The van der Waals surface area contributed by atoms with Crippen LogP contribution in [0.5, 0.6) is 0 Å². The van der Waals surface area contributed by atoms with E-state index in [9.17, 15) is 4.79 Å². The highest BCUT2D eigenvalue weighted by atomic mass is 16.3. The molecule has 92 valence electrons. The number of β-amino-alcohol motifs (C(OH)–C–C–N with tert-alkyl or cyclic N) is 1. The van der Waals surface area contributed by atoms with Crippen molar-refractivity contribution in [1.82, 2.24) is 10.2 Å². The van der Waals surface area contributed by atoms with Crippen LogP contribution in [-0.4, -0.2) is 46.7 Å². The molecular weight excluding hydrogens is 204 g/mol. The second-order valence-electron chi connectivity index (χ2n) is 5.41. The van der Waals surface area contributed by atoms with E-state index in [2.05, 4.69) is 10.2 Å². The van der Waals surface area contributed by atoms with Gasteiger partial charge in [0.2, 0.25) is 5.91 Å². The number of carbonyl (C=O) groups is 1. The zero-order chi connectivity index (χ0) is 11.8. The van der Waals surface area contributed by atoms with Gasteiger partial charge in [-0.15, -0.1) is 0 Å². The third kappa shape index (κ3) is 1.84. The highest BCUT2D eigenvalue weighted by Crippen LogP contribution is 2.32. The van der Waals surface area contributed by atoms with E-state index in [1.165, 1.54) is 12.8 Å². The molecule has 4 nitrogen and oxygen atoms in total. The molecule has 2 N–H and O–H groups in total. The number of aliphatic hydroxyl groups excluding tert-OH is 1. The third-order valence-electron chi connectivity index (χ3n) is 4.06. The maximum absolute atomic E-state index is 12.0. The van der Waals surface area contributed by atoms with Crippen LogP contribution in [-0.2, 0) is 4.79 Å². The first-order chi connectivity index (χ1) is 7.57. The largest absolute Gasteiger partial charge is 0.395 e. The van der Waals surface area contributed by atoms with Gasteiger partial charge in [0.25, 0.3) is 0 Å². The highest BCUT2D eigenvalue weighted by Gasteiger charge is 2.47. The molecule has 2 aliphatic rings. The fraction of sp³-hybridized carbons (Fsp3) is 0.917. The van der Waals surface area contributed by atoms with Crippen LogP contribution in [0.15, 0.2) is 0 Å². The van der Waals surface area contributed by atoms with Crippen LogP contribution in [0.2, 0.25) is 0 Å². The molecule has 2 fully saturated rings. The molecule has 0 aromatic rings. The van der Waals surface area contributed by atoms with Gasteiger partial charge >= 0.3 is 0 Å². The predicted molar refractivity (Wildman–Crippen MR) is 62.1 cm³/mol. The van der Waals surface area contributed by atoms with Crippen molar-refractivity contribution in [3.05, 3.63) is 0 Å². The lowest BCUT2D eigenvalue weighted by Crippen LogP contribution is -2.71. The first-order valence-corrected chi connectivity index (χ1v) is 6.26. The molecule has 0 aromatic heterocycles. The van der Waals surface area contributed by atoms with Crippen LogP contribution in [0.3, 0.4) is 0 Å². The Bertz CT molecular complexity index is 278. The van der Waals surface area contributed by atoms with Crippen molar-refractivity contribution in [2.24, 2.45) is 0 Å². The van der Waals surface area contributed by atoms with Gasteiger partial charge in [-0.2, -0.15) is 0 Å². The maximum Gasteiger partial charge on any atom is 0.240 e. The zero-order valence-electron chi connectivity index (χ0n) is 10.2. The van der Waals surface area contributed by atoms with Crippen molar-refractivity contribution in [2.45, 2.75) is 57.2 Å². The van der Waals surface area contributed by atoms with Gasteiger partial charge in [0, 0.05) is 18.6 Å². The van der Waals surface area contributed by atoms with Gasteiger partial charge in [0.1, 0.15) is 0 Å². The van der Waals surface area contributed by atoms with Crippen LogP contribution in [0.1, 0.15) is 39.5 Å². The maximum atomic E-state index is 12.0. The second kappa shape index (κ2) is 4.34. The molecule has 1 heterocycles. The molecule has 4 heteroatoms. The monoisotopic (exact) mass is 226 g/mol. The summed E-state index contributed by atoms with van der Waals surface area (Å²) < 4.78 is 0. The van der Waals surface area contributed by atoms with Crippen LogP contribution in [0.25, 0.3) is 0 Å². The van der Waals surface area contributed by atoms with Gasteiger partial charge in [0.15, 0.2) is 0 Å². The standard InChI is InChI=1S/C12H22N2O2/c1-12(2)11(16)13-9-5-3-4-6-10(9)14(12)7-8-15/h9-10,15H,3-8H2,1-2H3,(H,13,16)/t9-,10-/m1/s1. The van der Waals surface area contributed by atoms with E-state index in [0.717, 1.165) is 12.8 Å².